The molecule has 10 nitrogen and oxygen atoms in total. The Bertz CT molecular complexity index is 1210. The van der Waals surface area contributed by atoms with E-state index < -0.39 is 0 Å². The molecular formula is C21H20ClN7O3. The lowest BCUT2D eigenvalue weighted by atomic mass is 10.1. The average molecular weight is 454 g/mol. The van der Waals surface area contributed by atoms with Gasteiger partial charge in [0.2, 0.25) is 17.6 Å². The van der Waals surface area contributed by atoms with Gasteiger partial charge in [-0.3, -0.25) is 5.10 Å². The van der Waals surface area contributed by atoms with E-state index >= 15 is 0 Å². The maximum atomic E-state index is 6.06. The van der Waals surface area contributed by atoms with Crippen molar-refractivity contribution in [3.05, 3.63) is 53.8 Å². The normalized spacial score (nSPS) is 10.5. The Morgan fingerprint density at radius 3 is 2.25 bits per heavy atom. The lowest BCUT2D eigenvalue weighted by Crippen LogP contribution is -2.03. The number of ether oxygens (including phenoxy) is 3. The van der Waals surface area contributed by atoms with Crippen LogP contribution in [0, 0.1) is 0 Å². The standard InChI is InChI=1S/C21H20ClN7O3/c1-30-16-8-14(9-17(31-2)19(16)32-3)25-20-23-11-24-21(27-20)26-18-10-15(28-29-18)12-5-4-6-13(22)7-12/h4-11H,1-3H3,(H3,23,24,25,26,27,28,29). The van der Waals surface area contributed by atoms with Crippen LogP contribution in [0.5, 0.6) is 17.2 Å². The maximum absolute atomic E-state index is 6.06. The number of benzene rings is 2. The fourth-order valence-corrected chi connectivity index (χ4v) is 3.19. The van der Waals surface area contributed by atoms with E-state index in [0.29, 0.717) is 45.7 Å². The van der Waals surface area contributed by atoms with Gasteiger partial charge in [0.05, 0.1) is 27.0 Å². The second-order valence-corrected chi connectivity index (χ2v) is 6.91. The number of rotatable bonds is 8. The molecule has 32 heavy (non-hydrogen) atoms. The maximum Gasteiger partial charge on any atom is 0.233 e. The molecule has 0 saturated carbocycles. The summed E-state index contributed by atoms with van der Waals surface area (Å²) in [5, 5.41) is 14.0. The summed E-state index contributed by atoms with van der Waals surface area (Å²) in [4.78, 5) is 12.7. The van der Waals surface area contributed by atoms with Gasteiger partial charge in [-0.05, 0) is 12.1 Å². The molecule has 0 saturated heterocycles. The average Bonchev–Trinajstić information content (AvgIpc) is 3.27. The van der Waals surface area contributed by atoms with Crippen molar-refractivity contribution in [3.63, 3.8) is 0 Å². The van der Waals surface area contributed by atoms with E-state index in [1.165, 1.54) is 6.33 Å². The fraction of sp³-hybridized carbons (Fsp3) is 0.143. The van der Waals surface area contributed by atoms with Crippen molar-refractivity contribution in [2.45, 2.75) is 0 Å². The SMILES string of the molecule is COc1cc(Nc2ncnc(Nc3cc(-c4cccc(Cl)c4)[nH]n3)n2)cc(OC)c1OC. The van der Waals surface area contributed by atoms with Crippen LogP contribution in [0.3, 0.4) is 0 Å². The minimum Gasteiger partial charge on any atom is -0.493 e. The Morgan fingerprint density at radius 2 is 1.59 bits per heavy atom. The first kappa shape index (κ1) is 21.2. The predicted octanol–water partition coefficient (Wildman–Crippen LogP) is 4.43. The van der Waals surface area contributed by atoms with Crippen molar-refractivity contribution in [1.29, 1.82) is 0 Å². The number of H-pyrrole nitrogens is 1. The Kier molecular flexibility index (Phi) is 6.22. The lowest BCUT2D eigenvalue weighted by molar-refractivity contribution is 0.324. The number of nitrogens with one attached hydrogen (secondary N) is 3. The molecule has 0 aliphatic rings. The van der Waals surface area contributed by atoms with Crippen LogP contribution in [-0.4, -0.2) is 46.5 Å². The fourth-order valence-electron chi connectivity index (χ4n) is 3.00. The third-order valence-corrected chi connectivity index (χ3v) is 4.68. The van der Waals surface area contributed by atoms with E-state index in [4.69, 9.17) is 25.8 Å². The highest BCUT2D eigenvalue weighted by atomic mass is 35.5. The first-order valence-corrected chi connectivity index (χ1v) is 9.82. The van der Waals surface area contributed by atoms with Crippen LogP contribution in [0.25, 0.3) is 11.3 Å². The van der Waals surface area contributed by atoms with Crippen LogP contribution in [0.2, 0.25) is 5.02 Å². The molecule has 2 aromatic heterocycles. The highest BCUT2D eigenvalue weighted by Gasteiger charge is 2.14. The number of nitrogens with zero attached hydrogens (tertiary/aromatic N) is 4. The molecule has 11 heteroatoms. The van der Waals surface area contributed by atoms with E-state index in [1.54, 1.807) is 33.5 Å². The van der Waals surface area contributed by atoms with Crippen molar-refractivity contribution in [2.75, 3.05) is 32.0 Å². The number of anilines is 4. The summed E-state index contributed by atoms with van der Waals surface area (Å²) in [6, 6.07) is 12.8. The summed E-state index contributed by atoms with van der Waals surface area (Å²) in [5.74, 6) is 2.69. The second kappa shape index (κ2) is 9.40. The van der Waals surface area contributed by atoms with E-state index in [2.05, 4.69) is 35.8 Å². The van der Waals surface area contributed by atoms with Gasteiger partial charge in [0, 0.05) is 34.5 Å². The van der Waals surface area contributed by atoms with Gasteiger partial charge < -0.3 is 24.8 Å². The molecule has 0 unspecified atom stereocenters. The van der Waals surface area contributed by atoms with E-state index in [-0.39, 0.29) is 0 Å². The van der Waals surface area contributed by atoms with Crippen LogP contribution < -0.4 is 24.8 Å². The molecule has 2 aromatic carbocycles. The summed E-state index contributed by atoms with van der Waals surface area (Å²) >= 11 is 6.06. The molecule has 0 radical (unpaired) electrons. The highest BCUT2D eigenvalue weighted by molar-refractivity contribution is 6.30. The molecule has 164 valence electrons. The zero-order valence-electron chi connectivity index (χ0n) is 17.5. The number of halogens is 1. The first-order chi connectivity index (χ1) is 15.6. The van der Waals surface area contributed by atoms with Gasteiger partial charge in [-0.15, -0.1) is 0 Å². The zero-order valence-corrected chi connectivity index (χ0v) is 18.3. The molecule has 0 atom stereocenters. The van der Waals surface area contributed by atoms with Gasteiger partial charge in [-0.25, -0.2) is 9.97 Å². The Balaban J connectivity index is 1.52. The van der Waals surface area contributed by atoms with Crippen molar-refractivity contribution < 1.29 is 14.2 Å². The van der Waals surface area contributed by atoms with Gasteiger partial charge in [-0.2, -0.15) is 10.1 Å². The molecular weight excluding hydrogens is 434 g/mol. The van der Waals surface area contributed by atoms with Gasteiger partial charge >= 0.3 is 0 Å². The number of methoxy groups -OCH3 is 3. The third kappa shape index (κ3) is 4.65. The molecule has 0 bridgehead atoms. The Hall–Kier alpha value is -4.05. The largest absolute Gasteiger partial charge is 0.493 e. The number of hydrogen-bond donors (Lipinski definition) is 3. The molecule has 2 heterocycles. The summed E-state index contributed by atoms with van der Waals surface area (Å²) in [7, 11) is 4.64. The minimum absolute atomic E-state index is 0.319. The Labute approximate surface area is 188 Å². The number of hydrogen-bond acceptors (Lipinski definition) is 9. The molecule has 0 fully saturated rings. The van der Waals surface area contributed by atoms with Crippen LogP contribution in [0.15, 0.2) is 48.8 Å². The Morgan fingerprint density at radius 1 is 0.875 bits per heavy atom. The first-order valence-electron chi connectivity index (χ1n) is 9.44. The lowest BCUT2D eigenvalue weighted by Gasteiger charge is -2.14. The van der Waals surface area contributed by atoms with Crippen molar-refractivity contribution in [2.24, 2.45) is 0 Å². The molecule has 4 rings (SSSR count). The smallest absolute Gasteiger partial charge is 0.233 e. The quantitative estimate of drug-likeness (QED) is 0.356. The summed E-state index contributed by atoms with van der Waals surface area (Å²) in [6.07, 6.45) is 1.39. The molecule has 0 aliphatic carbocycles. The molecule has 4 aromatic rings. The summed E-state index contributed by atoms with van der Waals surface area (Å²) < 4.78 is 16.1. The zero-order chi connectivity index (χ0) is 22.5. The molecule has 3 N–H and O–H groups in total. The van der Waals surface area contributed by atoms with Crippen LogP contribution in [-0.2, 0) is 0 Å². The van der Waals surface area contributed by atoms with Gasteiger partial charge in [0.15, 0.2) is 17.3 Å². The number of aromatic amines is 1. The topological polar surface area (TPSA) is 119 Å². The second-order valence-electron chi connectivity index (χ2n) is 6.47. The third-order valence-electron chi connectivity index (χ3n) is 4.45. The highest BCUT2D eigenvalue weighted by Crippen LogP contribution is 2.40. The van der Waals surface area contributed by atoms with Crippen LogP contribution in [0.1, 0.15) is 0 Å². The van der Waals surface area contributed by atoms with Gasteiger partial charge in [-0.1, -0.05) is 23.7 Å². The van der Waals surface area contributed by atoms with Gasteiger partial charge in [0.25, 0.3) is 0 Å². The number of aromatic nitrogens is 5. The van der Waals surface area contributed by atoms with Crippen molar-refractivity contribution >= 4 is 35.0 Å². The summed E-state index contributed by atoms with van der Waals surface area (Å²) in [6.45, 7) is 0. The van der Waals surface area contributed by atoms with Crippen molar-refractivity contribution in [3.8, 4) is 28.5 Å². The van der Waals surface area contributed by atoms with E-state index in [9.17, 15) is 0 Å². The monoisotopic (exact) mass is 453 g/mol. The molecule has 0 aliphatic heterocycles. The van der Waals surface area contributed by atoms with Crippen molar-refractivity contribution in [1.82, 2.24) is 25.1 Å². The van der Waals surface area contributed by atoms with Gasteiger partial charge in [0.1, 0.15) is 6.33 Å². The van der Waals surface area contributed by atoms with E-state index in [0.717, 1.165) is 11.3 Å². The van der Waals surface area contributed by atoms with Crippen LogP contribution in [0.4, 0.5) is 23.4 Å². The molecule has 0 amide bonds. The summed E-state index contributed by atoms with van der Waals surface area (Å²) in [5.41, 5.74) is 2.37. The predicted molar refractivity (Wildman–Crippen MR) is 122 cm³/mol. The van der Waals surface area contributed by atoms with Crippen LogP contribution >= 0.6 is 11.6 Å². The van der Waals surface area contributed by atoms with E-state index in [1.807, 2.05) is 30.3 Å². The molecule has 0 spiro atoms. The minimum atomic E-state index is 0.319.